The van der Waals surface area contributed by atoms with Gasteiger partial charge in [-0.05, 0) is 31.8 Å². The largest absolute Gasteiger partial charge is 0.467 e. The van der Waals surface area contributed by atoms with Gasteiger partial charge in [-0.3, -0.25) is 0 Å². The highest BCUT2D eigenvalue weighted by atomic mass is 16.5. The van der Waals surface area contributed by atoms with Crippen LogP contribution in [0.15, 0.2) is 0 Å². The number of rotatable bonds is 3. The van der Waals surface area contributed by atoms with Crippen LogP contribution in [0.1, 0.15) is 12.8 Å². The quantitative estimate of drug-likeness (QED) is 0.661. The summed E-state index contributed by atoms with van der Waals surface area (Å²) >= 11 is 0. The predicted octanol–water partition coefficient (Wildman–Crippen LogP) is -0.116. The molecule has 0 saturated carbocycles. The molecule has 0 aromatic heterocycles. The third-order valence-electron chi connectivity index (χ3n) is 2.77. The molecule has 92 valence electrons. The molecule has 0 spiro atoms. The van der Waals surface area contributed by atoms with Gasteiger partial charge in [0.1, 0.15) is 6.04 Å². The highest BCUT2D eigenvalue weighted by Gasteiger charge is 2.31. The summed E-state index contributed by atoms with van der Waals surface area (Å²) in [6, 6.07) is -0.612. The molecule has 0 aromatic rings. The van der Waals surface area contributed by atoms with Crippen LogP contribution in [-0.4, -0.2) is 45.4 Å². The van der Waals surface area contributed by atoms with E-state index < -0.39 is 18.1 Å². The van der Waals surface area contributed by atoms with Gasteiger partial charge in [0.25, 0.3) is 0 Å². The number of hydrogen-bond acceptors (Lipinski definition) is 5. The normalized spacial score (nSPS) is 18.6. The summed E-state index contributed by atoms with van der Waals surface area (Å²) in [5.74, 6) is -0.315. The molecule has 1 aliphatic heterocycles. The first kappa shape index (κ1) is 12.8. The predicted molar refractivity (Wildman–Crippen MR) is 56.9 cm³/mol. The van der Waals surface area contributed by atoms with Crippen LogP contribution in [0.3, 0.4) is 0 Å². The van der Waals surface area contributed by atoms with Crippen LogP contribution in [-0.2, 0) is 14.3 Å². The maximum absolute atomic E-state index is 11.5. The molecule has 0 aromatic carbocycles. The third kappa shape index (κ3) is 3.37. The molecule has 16 heavy (non-hydrogen) atoms. The van der Waals surface area contributed by atoms with Crippen molar-refractivity contribution in [1.82, 2.24) is 10.6 Å². The van der Waals surface area contributed by atoms with Crippen LogP contribution >= 0.6 is 0 Å². The fourth-order valence-corrected chi connectivity index (χ4v) is 1.86. The average Bonchev–Trinajstić information content (AvgIpc) is 2.35. The highest BCUT2D eigenvalue weighted by Crippen LogP contribution is 2.17. The summed E-state index contributed by atoms with van der Waals surface area (Å²) in [7, 11) is 2.58. The Morgan fingerprint density at radius 2 is 1.88 bits per heavy atom. The Hall–Kier alpha value is -1.30. The topological polar surface area (TPSA) is 76.7 Å². The van der Waals surface area contributed by atoms with E-state index in [1.54, 1.807) is 0 Å². The summed E-state index contributed by atoms with van der Waals surface area (Å²) in [5.41, 5.74) is 0. The van der Waals surface area contributed by atoms with Gasteiger partial charge in [-0.1, -0.05) is 0 Å². The first-order valence-electron chi connectivity index (χ1n) is 5.32. The van der Waals surface area contributed by atoms with E-state index >= 15 is 0 Å². The fourth-order valence-electron chi connectivity index (χ4n) is 1.86. The van der Waals surface area contributed by atoms with E-state index in [2.05, 4.69) is 20.1 Å². The minimum absolute atomic E-state index is 0.104. The summed E-state index contributed by atoms with van der Waals surface area (Å²) < 4.78 is 9.17. The van der Waals surface area contributed by atoms with Crippen LogP contribution in [0, 0.1) is 5.92 Å². The number of esters is 1. The number of nitrogens with one attached hydrogen (secondary N) is 2. The number of methoxy groups -OCH3 is 2. The molecule has 1 amide bonds. The number of ether oxygens (including phenoxy) is 2. The van der Waals surface area contributed by atoms with Crippen LogP contribution in [0.4, 0.5) is 4.79 Å². The summed E-state index contributed by atoms with van der Waals surface area (Å²) in [4.78, 5) is 22.7. The fraction of sp³-hybridized carbons (Fsp3) is 0.800. The molecule has 1 rings (SSSR count). The average molecular weight is 230 g/mol. The van der Waals surface area contributed by atoms with Crippen LogP contribution in [0.5, 0.6) is 0 Å². The van der Waals surface area contributed by atoms with Gasteiger partial charge in [0.15, 0.2) is 0 Å². The zero-order valence-electron chi connectivity index (χ0n) is 9.62. The molecular formula is C10H18N2O4. The van der Waals surface area contributed by atoms with Gasteiger partial charge in [-0.2, -0.15) is 0 Å². The first-order valence-corrected chi connectivity index (χ1v) is 5.32. The second-order valence-electron chi connectivity index (χ2n) is 3.72. The van der Waals surface area contributed by atoms with Crippen molar-refractivity contribution < 1.29 is 19.1 Å². The molecule has 0 aliphatic carbocycles. The van der Waals surface area contributed by atoms with Crippen molar-refractivity contribution in [3.05, 3.63) is 0 Å². The Kier molecular flexibility index (Phi) is 5.04. The van der Waals surface area contributed by atoms with E-state index in [4.69, 9.17) is 0 Å². The lowest BCUT2D eigenvalue weighted by Crippen LogP contribution is -2.49. The van der Waals surface area contributed by atoms with Crippen molar-refractivity contribution in [3.8, 4) is 0 Å². The van der Waals surface area contributed by atoms with Gasteiger partial charge in [0.2, 0.25) is 0 Å². The van der Waals surface area contributed by atoms with Crippen LogP contribution < -0.4 is 10.6 Å². The Morgan fingerprint density at radius 1 is 1.25 bits per heavy atom. The number of alkyl carbamates (subject to hydrolysis) is 1. The molecule has 6 heteroatoms. The minimum atomic E-state index is -0.612. The summed E-state index contributed by atoms with van der Waals surface area (Å²) in [5, 5.41) is 5.72. The number of carbonyl (C=O) groups is 2. The monoisotopic (exact) mass is 230 g/mol. The van der Waals surface area contributed by atoms with Crippen molar-refractivity contribution in [1.29, 1.82) is 0 Å². The Balaban J connectivity index is 2.61. The number of amides is 1. The van der Waals surface area contributed by atoms with Gasteiger partial charge in [0.05, 0.1) is 14.2 Å². The summed E-state index contributed by atoms with van der Waals surface area (Å²) in [6.45, 7) is 1.70. The number of hydrogen-bond donors (Lipinski definition) is 2. The van der Waals surface area contributed by atoms with Crippen molar-refractivity contribution in [3.63, 3.8) is 0 Å². The standard InChI is InChI=1S/C10H18N2O4/c1-15-9(13)8(12-10(14)16-2)7-3-5-11-6-4-7/h7-8,11H,3-6H2,1-2H3,(H,12,14)/t8-/m0/s1. The zero-order valence-corrected chi connectivity index (χ0v) is 9.62. The van der Waals surface area contributed by atoms with Crippen molar-refractivity contribution in [2.24, 2.45) is 5.92 Å². The SMILES string of the molecule is COC(=O)N[C@H](C(=O)OC)C1CCNCC1. The smallest absolute Gasteiger partial charge is 0.407 e. The molecule has 1 heterocycles. The van der Waals surface area contributed by atoms with Crippen LogP contribution in [0.2, 0.25) is 0 Å². The van der Waals surface area contributed by atoms with Gasteiger partial charge < -0.3 is 20.1 Å². The lowest BCUT2D eigenvalue weighted by molar-refractivity contribution is -0.144. The third-order valence-corrected chi connectivity index (χ3v) is 2.77. The van der Waals surface area contributed by atoms with Crippen molar-refractivity contribution in [2.45, 2.75) is 18.9 Å². The zero-order chi connectivity index (χ0) is 12.0. The lowest BCUT2D eigenvalue weighted by Gasteiger charge is -2.28. The second-order valence-corrected chi connectivity index (χ2v) is 3.72. The van der Waals surface area contributed by atoms with E-state index in [0.717, 1.165) is 25.9 Å². The van der Waals surface area contributed by atoms with Gasteiger partial charge in [-0.25, -0.2) is 9.59 Å². The molecule has 1 saturated heterocycles. The van der Waals surface area contributed by atoms with Crippen molar-refractivity contribution in [2.75, 3.05) is 27.3 Å². The van der Waals surface area contributed by atoms with Gasteiger partial charge in [0, 0.05) is 0 Å². The van der Waals surface area contributed by atoms with E-state index in [0.29, 0.717) is 0 Å². The molecule has 1 aliphatic rings. The molecule has 6 nitrogen and oxygen atoms in total. The number of carbonyl (C=O) groups excluding carboxylic acids is 2. The molecule has 2 N–H and O–H groups in total. The number of piperidine rings is 1. The van der Waals surface area contributed by atoms with E-state index in [1.807, 2.05) is 0 Å². The van der Waals surface area contributed by atoms with E-state index in [9.17, 15) is 9.59 Å². The highest BCUT2D eigenvalue weighted by molar-refractivity contribution is 5.81. The molecule has 0 unspecified atom stereocenters. The maximum Gasteiger partial charge on any atom is 0.407 e. The van der Waals surface area contributed by atoms with Crippen molar-refractivity contribution >= 4 is 12.1 Å². The summed E-state index contributed by atoms with van der Waals surface area (Å²) in [6.07, 6.45) is 1.07. The second kappa shape index (κ2) is 6.32. The molecule has 0 bridgehead atoms. The van der Waals surface area contributed by atoms with E-state index in [-0.39, 0.29) is 5.92 Å². The van der Waals surface area contributed by atoms with Crippen LogP contribution in [0.25, 0.3) is 0 Å². The molecule has 0 radical (unpaired) electrons. The molecule has 1 fully saturated rings. The van der Waals surface area contributed by atoms with Gasteiger partial charge in [-0.15, -0.1) is 0 Å². The minimum Gasteiger partial charge on any atom is -0.467 e. The lowest BCUT2D eigenvalue weighted by atomic mass is 9.90. The maximum atomic E-state index is 11.5. The Morgan fingerprint density at radius 3 is 2.38 bits per heavy atom. The Bertz CT molecular complexity index is 251. The van der Waals surface area contributed by atoms with E-state index in [1.165, 1.54) is 14.2 Å². The first-order chi connectivity index (χ1) is 7.69. The molecule has 1 atom stereocenters. The Labute approximate surface area is 94.7 Å². The molecular weight excluding hydrogens is 212 g/mol. The van der Waals surface area contributed by atoms with Gasteiger partial charge >= 0.3 is 12.1 Å².